The minimum absolute atomic E-state index is 0.535. The smallest absolute Gasteiger partial charge is 0.162 e. The van der Waals surface area contributed by atoms with Crippen molar-refractivity contribution in [1.29, 1.82) is 0 Å². The van der Waals surface area contributed by atoms with Crippen molar-refractivity contribution in [3.63, 3.8) is 0 Å². The molecule has 0 radical (unpaired) electrons. The Balaban J connectivity index is 2.03. The lowest BCUT2D eigenvalue weighted by molar-refractivity contribution is 0.169. The van der Waals surface area contributed by atoms with Crippen molar-refractivity contribution in [1.82, 2.24) is 0 Å². The first kappa shape index (κ1) is 13.4. The van der Waals surface area contributed by atoms with Crippen LogP contribution in [0.25, 0.3) is 0 Å². The van der Waals surface area contributed by atoms with Crippen molar-refractivity contribution in [3.8, 4) is 11.5 Å². The van der Waals surface area contributed by atoms with Gasteiger partial charge in [-0.1, -0.05) is 15.9 Å². The van der Waals surface area contributed by atoms with Gasteiger partial charge in [0.05, 0.1) is 4.88 Å². The van der Waals surface area contributed by atoms with Crippen LogP contribution in [0.5, 0.6) is 11.5 Å². The SMILES string of the molecule is OC(c1cc2c(cc1Br)OCCO2)c1sccc1Br. The summed E-state index contributed by atoms with van der Waals surface area (Å²) in [6, 6.07) is 5.60. The van der Waals surface area contributed by atoms with Gasteiger partial charge in [0, 0.05) is 14.5 Å². The van der Waals surface area contributed by atoms with Crippen LogP contribution in [0.2, 0.25) is 0 Å². The van der Waals surface area contributed by atoms with Gasteiger partial charge in [0.15, 0.2) is 11.5 Å². The molecule has 3 rings (SSSR count). The van der Waals surface area contributed by atoms with Gasteiger partial charge < -0.3 is 14.6 Å². The number of ether oxygens (including phenoxy) is 2. The summed E-state index contributed by atoms with van der Waals surface area (Å²) in [4.78, 5) is 0.873. The zero-order chi connectivity index (χ0) is 13.4. The number of fused-ring (bicyclic) bond motifs is 1. The number of hydrogen-bond donors (Lipinski definition) is 1. The van der Waals surface area contributed by atoms with Crippen LogP contribution >= 0.6 is 43.2 Å². The third-order valence-corrected chi connectivity index (χ3v) is 5.46. The van der Waals surface area contributed by atoms with E-state index in [1.54, 1.807) is 0 Å². The van der Waals surface area contributed by atoms with Crippen molar-refractivity contribution in [2.75, 3.05) is 13.2 Å². The second-order valence-electron chi connectivity index (χ2n) is 4.05. The van der Waals surface area contributed by atoms with Gasteiger partial charge in [0.25, 0.3) is 0 Å². The topological polar surface area (TPSA) is 38.7 Å². The molecule has 1 atom stereocenters. The normalized spacial score (nSPS) is 15.3. The highest BCUT2D eigenvalue weighted by Gasteiger charge is 2.22. The highest BCUT2D eigenvalue weighted by Crippen LogP contribution is 2.41. The van der Waals surface area contributed by atoms with Gasteiger partial charge in [0.1, 0.15) is 19.3 Å². The molecule has 6 heteroatoms. The molecule has 1 aliphatic rings. The van der Waals surface area contributed by atoms with Crippen LogP contribution in [-0.4, -0.2) is 18.3 Å². The minimum Gasteiger partial charge on any atom is -0.486 e. The Labute approximate surface area is 131 Å². The molecule has 2 heterocycles. The standard InChI is InChI=1S/C13H10Br2O3S/c14-8-1-4-19-13(8)12(16)7-5-10-11(6-9(7)15)18-3-2-17-10/h1,4-6,12,16H,2-3H2. The van der Waals surface area contributed by atoms with Gasteiger partial charge in [-0.05, 0) is 39.5 Å². The maximum Gasteiger partial charge on any atom is 0.162 e. The summed E-state index contributed by atoms with van der Waals surface area (Å²) in [6.07, 6.45) is -0.695. The summed E-state index contributed by atoms with van der Waals surface area (Å²) in [7, 11) is 0. The molecule has 1 N–H and O–H groups in total. The van der Waals surface area contributed by atoms with E-state index in [0.717, 1.165) is 19.4 Å². The summed E-state index contributed by atoms with van der Waals surface area (Å²) in [5.74, 6) is 1.38. The lowest BCUT2D eigenvalue weighted by Crippen LogP contribution is -2.16. The van der Waals surface area contributed by atoms with Gasteiger partial charge >= 0.3 is 0 Å². The number of hydrogen-bond acceptors (Lipinski definition) is 4. The average molecular weight is 406 g/mol. The maximum atomic E-state index is 10.5. The monoisotopic (exact) mass is 404 g/mol. The predicted molar refractivity (Wildman–Crippen MR) is 81.2 cm³/mol. The molecule has 0 spiro atoms. The minimum atomic E-state index is -0.695. The van der Waals surface area contributed by atoms with E-state index in [1.807, 2.05) is 23.6 Å². The lowest BCUT2D eigenvalue weighted by Gasteiger charge is -2.21. The molecule has 0 saturated heterocycles. The van der Waals surface area contributed by atoms with E-state index in [0.29, 0.717) is 24.7 Å². The zero-order valence-electron chi connectivity index (χ0n) is 9.73. The molecule has 0 bridgehead atoms. The number of aliphatic hydroxyl groups excluding tert-OH is 1. The second kappa shape index (κ2) is 5.44. The van der Waals surface area contributed by atoms with Crippen molar-refractivity contribution in [2.24, 2.45) is 0 Å². The Morgan fingerprint density at radius 2 is 1.79 bits per heavy atom. The van der Waals surface area contributed by atoms with E-state index in [-0.39, 0.29) is 0 Å². The van der Waals surface area contributed by atoms with E-state index in [2.05, 4.69) is 31.9 Å². The average Bonchev–Trinajstić information content (AvgIpc) is 2.83. The fourth-order valence-corrected chi connectivity index (χ4v) is 4.06. The first-order valence-electron chi connectivity index (χ1n) is 5.67. The fourth-order valence-electron chi connectivity index (χ4n) is 1.93. The van der Waals surface area contributed by atoms with Gasteiger partial charge in [-0.3, -0.25) is 0 Å². The maximum absolute atomic E-state index is 10.5. The van der Waals surface area contributed by atoms with Crippen LogP contribution < -0.4 is 9.47 Å². The van der Waals surface area contributed by atoms with Crippen molar-refractivity contribution < 1.29 is 14.6 Å². The molecule has 0 amide bonds. The van der Waals surface area contributed by atoms with Crippen LogP contribution in [0.3, 0.4) is 0 Å². The van der Waals surface area contributed by atoms with Gasteiger partial charge in [-0.25, -0.2) is 0 Å². The zero-order valence-corrected chi connectivity index (χ0v) is 13.7. The molecule has 3 nitrogen and oxygen atoms in total. The number of aliphatic hydroxyl groups is 1. The molecule has 19 heavy (non-hydrogen) atoms. The molecule has 100 valence electrons. The highest BCUT2D eigenvalue weighted by atomic mass is 79.9. The summed E-state index contributed by atoms with van der Waals surface area (Å²) in [5.41, 5.74) is 0.771. The van der Waals surface area contributed by atoms with Crippen molar-refractivity contribution >= 4 is 43.2 Å². The Morgan fingerprint density at radius 1 is 1.11 bits per heavy atom. The van der Waals surface area contributed by atoms with Crippen LogP contribution in [0.4, 0.5) is 0 Å². The van der Waals surface area contributed by atoms with Crippen LogP contribution in [-0.2, 0) is 0 Å². The largest absolute Gasteiger partial charge is 0.486 e. The summed E-state index contributed by atoms with van der Waals surface area (Å²) in [6.45, 7) is 1.09. The summed E-state index contributed by atoms with van der Waals surface area (Å²) >= 11 is 8.43. The first-order valence-corrected chi connectivity index (χ1v) is 8.13. The van der Waals surface area contributed by atoms with E-state index < -0.39 is 6.10 Å². The third kappa shape index (κ3) is 2.54. The highest BCUT2D eigenvalue weighted by molar-refractivity contribution is 9.10. The Morgan fingerprint density at radius 3 is 2.42 bits per heavy atom. The molecule has 2 aromatic rings. The van der Waals surface area contributed by atoms with Crippen LogP contribution in [0.1, 0.15) is 16.5 Å². The van der Waals surface area contributed by atoms with Crippen LogP contribution in [0.15, 0.2) is 32.5 Å². The Hall–Kier alpha value is -0.560. The molecule has 0 saturated carbocycles. The molecule has 1 aromatic carbocycles. The lowest BCUT2D eigenvalue weighted by atomic mass is 10.1. The summed E-state index contributed by atoms with van der Waals surface area (Å²) in [5, 5.41) is 12.4. The fraction of sp³-hybridized carbons (Fsp3) is 0.231. The molecule has 1 aliphatic heterocycles. The summed E-state index contributed by atoms with van der Waals surface area (Å²) < 4.78 is 12.8. The van der Waals surface area contributed by atoms with E-state index in [1.165, 1.54) is 11.3 Å². The second-order valence-corrected chi connectivity index (χ2v) is 6.71. The molecule has 0 aliphatic carbocycles. The molecule has 1 unspecified atom stereocenters. The van der Waals surface area contributed by atoms with Gasteiger partial charge in [0.2, 0.25) is 0 Å². The van der Waals surface area contributed by atoms with Crippen LogP contribution in [0, 0.1) is 0 Å². The van der Waals surface area contributed by atoms with E-state index in [4.69, 9.17) is 9.47 Å². The number of halogens is 2. The van der Waals surface area contributed by atoms with Crippen molar-refractivity contribution in [2.45, 2.75) is 6.10 Å². The number of benzene rings is 1. The third-order valence-electron chi connectivity index (χ3n) is 2.85. The first-order chi connectivity index (χ1) is 9.16. The number of rotatable bonds is 2. The van der Waals surface area contributed by atoms with Crippen molar-refractivity contribution in [3.05, 3.63) is 43.0 Å². The molecular formula is C13H10Br2O3S. The Bertz CT molecular complexity index is 612. The van der Waals surface area contributed by atoms with Gasteiger partial charge in [-0.15, -0.1) is 11.3 Å². The Kier molecular flexibility index (Phi) is 3.84. The molecule has 0 fully saturated rings. The van der Waals surface area contributed by atoms with Gasteiger partial charge in [-0.2, -0.15) is 0 Å². The van der Waals surface area contributed by atoms with E-state index in [9.17, 15) is 5.11 Å². The molecular weight excluding hydrogens is 396 g/mol. The predicted octanol–water partition coefficient (Wildman–Crippen LogP) is 4.13. The van der Waals surface area contributed by atoms with E-state index >= 15 is 0 Å². The molecule has 1 aromatic heterocycles. The quantitative estimate of drug-likeness (QED) is 0.816. The number of thiophene rings is 1.